The van der Waals surface area contributed by atoms with E-state index in [4.69, 9.17) is 23.2 Å². The Morgan fingerprint density at radius 1 is 1.03 bits per heavy atom. The Morgan fingerprint density at radius 3 is 2.49 bits per heavy atom. The van der Waals surface area contributed by atoms with E-state index in [1.165, 1.54) is 0 Å². The molecule has 2 heterocycles. The van der Waals surface area contributed by atoms with Crippen LogP contribution in [0, 0.1) is 5.92 Å². The summed E-state index contributed by atoms with van der Waals surface area (Å²) in [6.45, 7) is 7.67. The van der Waals surface area contributed by atoms with E-state index in [2.05, 4.69) is 22.3 Å². The van der Waals surface area contributed by atoms with Crippen molar-refractivity contribution in [2.24, 2.45) is 5.92 Å². The second-order valence-electron chi connectivity index (χ2n) is 10.2. The van der Waals surface area contributed by atoms with Gasteiger partial charge in [-0.05, 0) is 43.5 Å². The number of nitrogens with zero attached hydrogens (tertiary/aromatic N) is 5. The molecule has 7 nitrogen and oxygen atoms in total. The van der Waals surface area contributed by atoms with Gasteiger partial charge in [0.25, 0.3) is 0 Å². The summed E-state index contributed by atoms with van der Waals surface area (Å²) in [5.41, 5.74) is 2.01. The van der Waals surface area contributed by atoms with Gasteiger partial charge in [0.05, 0.1) is 15.7 Å². The highest BCUT2D eigenvalue weighted by Gasteiger charge is 2.30. The molecular formula is C29H35Cl2N5O2S. The van der Waals surface area contributed by atoms with Crippen LogP contribution in [-0.4, -0.2) is 67.8 Å². The van der Waals surface area contributed by atoms with Crippen molar-refractivity contribution in [2.75, 3.05) is 25.4 Å². The minimum atomic E-state index is -0.0240. The Morgan fingerprint density at radius 2 is 1.79 bits per heavy atom. The van der Waals surface area contributed by atoms with Gasteiger partial charge >= 0.3 is 0 Å². The van der Waals surface area contributed by atoms with Crippen LogP contribution < -0.4 is 0 Å². The second kappa shape index (κ2) is 13.7. The smallest absolute Gasteiger partial charge is 0.225 e. The third kappa shape index (κ3) is 7.56. The lowest BCUT2D eigenvalue weighted by atomic mass is 10.1. The molecule has 39 heavy (non-hydrogen) atoms. The van der Waals surface area contributed by atoms with Gasteiger partial charge in [0.1, 0.15) is 5.82 Å². The minimum absolute atomic E-state index is 0.0240. The van der Waals surface area contributed by atoms with Crippen LogP contribution in [-0.2, 0) is 16.0 Å². The molecule has 1 atom stereocenters. The molecule has 4 rings (SSSR count). The normalized spacial score (nSPS) is 15.7. The number of aromatic nitrogens is 3. The Labute approximate surface area is 244 Å². The van der Waals surface area contributed by atoms with E-state index in [0.29, 0.717) is 42.5 Å². The van der Waals surface area contributed by atoms with E-state index >= 15 is 0 Å². The van der Waals surface area contributed by atoms with Gasteiger partial charge in [-0.15, -0.1) is 10.2 Å². The fourth-order valence-electron chi connectivity index (χ4n) is 4.71. The van der Waals surface area contributed by atoms with Crippen molar-refractivity contribution < 1.29 is 9.59 Å². The molecule has 1 fully saturated rings. The van der Waals surface area contributed by atoms with E-state index in [1.54, 1.807) is 17.8 Å². The van der Waals surface area contributed by atoms with Crippen molar-refractivity contribution in [3.63, 3.8) is 0 Å². The number of unbranched alkanes of at least 4 members (excludes halogenated alkanes) is 1. The maximum Gasteiger partial charge on any atom is 0.225 e. The molecule has 1 unspecified atom stereocenters. The lowest BCUT2D eigenvalue weighted by molar-refractivity contribution is -0.144. The fourth-order valence-corrected chi connectivity index (χ4v) is 5.98. The molecule has 208 valence electrons. The van der Waals surface area contributed by atoms with Crippen molar-refractivity contribution in [2.45, 2.75) is 57.7 Å². The maximum absolute atomic E-state index is 12.8. The van der Waals surface area contributed by atoms with Crippen LogP contribution in [0.25, 0.3) is 5.69 Å². The number of amides is 2. The number of thioether (sulfide) groups is 1. The first-order valence-corrected chi connectivity index (χ1v) is 15.1. The summed E-state index contributed by atoms with van der Waals surface area (Å²) in [4.78, 5) is 29.0. The van der Waals surface area contributed by atoms with Gasteiger partial charge in [0.2, 0.25) is 11.8 Å². The highest BCUT2D eigenvalue weighted by molar-refractivity contribution is 7.99. The largest absolute Gasteiger partial charge is 0.339 e. The zero-order valence-electron chi connectivity index (χ0n) is 22.6. The first-order chi connectivity index (χ1) is 18.7. The van der Waals surface area contributed by atoms with Crippen LogP contribution in [0.5, 0.6) is 0 Å². The molecular weight excluding hydrogens is 553 g/mol. The number of benzene rings is 2. The lowest BCUT2D eigenvalue weighted by Gasteiger charge is -2.40. The van der Waals surface area contributed by atoms with Crippen molar-refractivity contribution in [1.29, 1.82) is 0 Å². The Bertz CT molecular complexity index is 1280. The topological polar surface area (TPSA) is 71.3 Å². The Hall–Kier alpha value is -2.55. The molecule has 0 spiro atoms. The van der Waals surface area contributed by atoms with Crippen LogP contribution in [0.2, 0.25) is 10.0 Å². The highest BCUT2D eigenvalue weighted by atomic mass is 35.5. The molecule has 2 aromatic carbocycles. The second-order valence-corrected chi connectivity index (χ2v) is 12.1. The lowest BCUT2D eigenvalue weighted by Crippen LogP contribution is -2.56. The van der Waals surface area contributed by atoms with Crippen molar-refractivity contribution in [3.8, 4) is 5.69 Å². The van der Waals surface area contributed by atoms with Gasteiger partial charge in [-0.2, -0.15) is 0 Å². The molecule has 0 saturated carbocycles. The van der Waals surface area contributed by atoms with Crippen LogP contribution in [0.1, 0.15) is 51.4 Å². The van der Waals surface area contributed by atoms with Crippen LogP contribution in [0.15, 0.2) is 53.7 Å². The number of carbonyl (C=O) groups is 2. The molecule has 0 N–H and O–H groups in total. The zero-order chi connectivity index (χ0) is 27.9. The number of carbonyl (C=O) groups excluding carboxylic acids is 2. The molecule has 1 aromatic heterocycles. The monoisotopic (exact) mass is 587 g/mol. The molecule has 3 aromatic rings. The third-order valence-electron chi connectivity index (χ3n) is 6.84. The van der Waals surface area contributed by atoms with Gasteiger partial charge < -0.3 is 9.80 Å². The van der Waals surface area contributed by atoms with Gasteiger partial charge in [-0.3, -0.25) is 14.2 Å². The van der Waals surface area contributed by atoms with Crippen molar-refractivity contribution in [1.82, 2.24) is 24.6 Å². The number of hydrogen-bond donors (Lipinski definition) is 0. The van der Waals surface area contributed by atoms with E-state index in [-0.39, 0.29) is 23.8 Å². The average Bonchev–Trinajstić information content (AvgIpc) is 3.32. The molecule has 1 saturated heterocycles. The molecule has 1 aliphatic heterocycles. The van der Waals surface area contributed by atoms with Crippen LogP contribution in [0.3, 0.4) is 0 Å². The maximum atomic E-state index is 12.8. The van der Waals surface area contributed by atoms with Crippen LogP contribution in [0.4, 0.5) is 0 Å². The summed E-state index contributed by atoms with van der Waals surface area (Å²) in [6, 6.07) is 15.7. The first-order valence-electron chi connectivity index (χ1n) is 13.4. The van der Waals surface area contributed by atoms with Crippen molar-refractivity contribution >= 4 is 46.8 Å². The summed E-state index contributed by atoms with van der Waals surface area (Å²) in [6.07, 6.45) is 2.81. The van der Waals surface area contributed by atoms with Crippen LogP contribution >= 0.6 is 35.0 Å². The summed E-state index contributed by atoms with van der Waals surface area (Å²) in [5, 5.41) is 10.7. The zero-order valence-corrected chi connectivity index (χ0v) is 25.0. The summed E-state index contributed by atoms with van der Waals surface area (Å²) in [5.74, 6) is 1.93. The van der Waals surface area contributed by atoms with E-state index < -0.39 is 0 Å². The Balaban J connectivity index is 1.33. The quantitative estimate of drug-likeness (QED) is 0.210. The predicted molar refractivity (Wildman–Crippen MR) is 158 cm³/mol. The summed E-state index contributed by atoms with van der Waals surface area (Å²) < 4.78 is 2.03. The fraction of sp³-hybridized carbons (Fsp3) is 0.448. The molecule has 2 amide bonds. The van der Waals surface area contributed by atoms with E-state index in [1.807, 2.05) is 65.5 Å². The van der Waals surface area contributed by atoms with Gasteiger partial charge in [0.15, 0.2) is 5.16 Å². The predicted octanol–water partition coefficient (Wildman–Crippen LogP) is 6.14. The summed E-state index contributed by atoms with van der Waals surface area (Å²) in [7, 11) is 0. The standard InChI is InChI=1S/C29H35Cl2N5O2S/c1-20(2)28(38)35-15-14-34(19-21(35)3)27(37)11-7-8-16-39-29-33-32-26(17-22-9-5-4-6-10-22)36(29)23-12-13-24(30)25(31)18-23/h4-6,9-10,12-13,18,20-21H,7-8,11,14-17,19H2,1-3H3. The van der Waals surface area contributed by atoms with Gasteiger partial charge in [0, 0.05) is 50.2 Å². The average molecular weight is 589 g/mol. The number of hydrogen-bond acceptors (Lipinski definition) is 5. The molecule has 10 heteroatoms. The molecule has 0 aliphatic carbocycles. The SMILES string of the molecule is CC(C)C(=O)N1CCN(C(=O)CCCCSc2nnc(Cc3ccccc3)n2-c2ccc(Cl)c(Cl)c2)CC1C. The van der Waals surface area contributed by atoms with Gasteiger partial charge in [-0.1, -0.05) is 79.1 Å². The number of piperazine rings is 1. The Kier molecular flexibility index (Phi) is 10.3. The first kappa shape index (κ1) is 29.4. The minimum Gasteiger partial charge on any atom is -0.339 e. The third-order valence-corrected chi connectivity index (χ3v) is 8.59. The highest BCUT2D eigenvalue weighted by Crippen LogP contribution is 2.29. The van der Waals surface area contributed by atoms with E-state index in [9.17, 15) is 9.59 Å². The van der Waals surface area contributed by atoms with E-state index in [0.717, 1.165) is 40.8 Å². The van der Waals surface area contributed by atoms with Crippen molar-refractivity contribution in [3.05, 3.63) is 70.0 Å². The molecule has 1 aliphatic rings. The number of halogens is 2. The number of rotatable bonds is 10. The molecule has 0 bridgehead atoms. The molecule has 0 radical (unpaired) electrons. The summed E-state index contributed by atoms with van der Waals surface area (Å²) >= 11 is 14.1. The van der Waals surface area contributed by atoms with Gasteiger partial charge in [-0.25, -0.2) is 0 Å².